The van der Waals surface area contributed by atoms with Crippen molar-refractivity contribution in [2.45, 2.75) is 20.4 Å². The van der Waals surface area contributed by atoms with Crippen molar-refractivity contribution in [2.75, 3.05) is 7.05 Å². The quantitative estimate of drug-likeness (QED) is 0.889. The monoisotopic (exact) mass is 275 g/mol. The van der Waals surface area contributed by atoms with E-state index >= 15 is 0 Å². The minimum Gasteiger partial charge on any atom is -0.455 e. The van der Waals surface area contributed by atoms with Gasteiger partial charge >= 0.3 is 0 Å². The number of halogens is 1. The Morgan fingerprint density at radius 3 is 2.58 bits per heavy atom. The van der Waals surface area contributed by atoms with Crippen LogP contribution in [0.2, 0.25) is 5.02 Å². The van der Waals surface area contributed by atoms with E-state index in [0.717, 1.165) is 29.2 Å². The Morgan fingerprint density at radius 1 is 1.11 bits per heavy atom. The summed E-state index contributed by atoms with van der Waals surface area (Å²) in [6.45, 7) is 4.85. The van der Waals surface area contributed by atoms with Crippen LogP contribution in [0.3, 0.4) is 0 Å². The van der Waals surface area contributed by atoms with Gasteiger partial charge in [-0.15, -0.1) is 0 Å². The van der Waals surface area contributed by atoms with Crippen LogP contribution in [-0.2, 0) is 6.54 Å². The van der Waals surface area contributed by atoms with Gasteiger partial charge in [0.05, 0.1) is 5.02 Å². The number of para-hydroxylation sites is 1. The number of ether oxygens (including phenoxy) is 1. The van der Waals surface area contributed by atoms with Crippen molar-refractivity contribution in [3.63, 3.8) is 0 Å². The summed E-state index contributed by atoms with van der Waals surface area (Å²) in [4.78, 5) is 0. The van der Waals surface area contributed by atoms with E-state index in [4.69, 9.17) is 16.3 Å². The number of hydrogen-bond donors (Lipinski definition) is 1. The number of benzene rings is 2. The number of hydrogen-bond acceptors (Lipinski definition) is 2. The number of aryl methyl sites for hydroxylation is 1. The molecule has 0 aliphatic rings. The van der Waals surface area contributed by atoms with Crippen LogP contribution in [0.4, 0.5) is 0 Å². The number of nitrogens with one attached hydrogen (secondary N) is 1. The summed E-state index contributed by atoms with van der Waals surface area (Å²) in [5.74, 6) is 1.58. The van der Waals surface area contributed by atoms with Crippen LogP contribution in [-0.4, -0.2) is 7.05 Å². The average Bonchev–Trinajstić information content (AvgIpc) is 2.39. The molecule has 2 aromatic carbocycles. The molecule has 0 aliphatic heterocycles. The fourth-order valence-electron chi connectivity index (χ4n) is 1.94. The molecule has 0 radical (unpaired) electrons. The zero-order valence-electron chi connectivity index (χ0n) is 11.5. The zero-order chi connectivity index (χ0) is 13.8. The van der Waals surface area contributed by atoms with E-state index in [1.165, 1.54) is 5.56 Å². The molecule has 0 unspecified atom stereocenters. The van der Waals surface area contributed by atoms with E-state index in [9.17, 15) is 0 Å². The Balaban J connectivity index is 2.40. The van der Waals surface area contributed by atoms with Crippen LogP contribution in [0.5, 0.6) is 11.5 Å². The highest BCUT2D eigenvalue weighted by atomic mass is 35.5. The fraction of sp³-hybridized carbons (Fsp3) is 0.250. The highest BCUT2D eigenvalue weighted by molar-refractivity contribution is 6.32. The summed E-state index contributed by atoms with van der Waals surface area (Å²) < 4.78 is 6.03. The predicted octanol–water partition coefficient (Wildman–Crippen LogP) is 4.47. The summed E-state index contributed by atoms with van der Waals surface area (Å²) in [6, 6.07) is 11.8. The molecule has 100 valence electrons. The Kier molecular flexibility index (Phi) is 4.46. The fourth-order valence-corrected chi connectivity index (χ4v) is 2.17. The average molecular weight is 276 g/mol. The van der Waals surface area contributed by atoms with Crippen LogP contribution < -0.4 is 10.1 Å². The maximum Gasteiger partial charge on any atom is 0.150 e. The van der Waals surface area contributed by atoms with Gasteiger partial charge in [0, 0.05) is 12.1 Å². The van der Waals surface area contributed by atoms with Crippen LogP contribution in [0.25, 0.3) is 0 Å². The van der Waals surface area contributed by atoms with Gasteiger partial charge in [-0.3, -0.25) is 0 Å². The van der Waals surface area contributed by atoms with Crippen LogP contribution >= 0.6 is 11.6 Å². The largest absolute Gasteiger partial charge is 0.455 e. The summed E-state index contributed by atoms with van der Waals surface area (Å²) in [6.07, 6.45) is 0. The minimum atomic E-state index is 0.633. The molecule has 0 saturated carbocycles. The first-order valence-electron chi connectivity index (χ1n) is 6.29. The van der Waals surface area contributed by atoms with E-state index in [1.807, 2.05) is 37.4 Å². The molecule has 0 aliphatic carbocycles. The molecule has 2 nitrogen and oxygen atoms in total. The van der Waals surface area contributed by atoms with Gasteiger partial charge in [0.1, 0.15) is 5.75 Å². The lowest BCUT2D eigenvalue weighted by molar-refractivity contribution is 0.470. The third-order valence-electron chi connectivity index (χ3n) is 3.18. The van der Waals surface area contributed by atoms with E-state index < -0.39 is 0 Å². The van der Waals surface area contributed by atoms with E-state index in [0.29, 0.717) is 5.02 Å². The molecule has 1 N–H and O–H groups in total. The van der Waals surface area contributed by atoms with Crippen molar-refractivity contribution in [3.05, 3.63) is 58.1 Å². The Labute approximate surface area is 119 Å². The van der Waals surface area contributed by atoms with Gasteiger partial charge in [-0.25, -0.2) is 0 Å². The summed E-state index contributed by atoms with van der Waals surface area (Å²) >= 11 is 6.25. The molecule has 0 fully saturated rings. The molecule has 0 bridgehead atoms. The molecular formula is C16H18ClNO. The van der Waals surface area contributed by atoms with Gasteiger partial charge in [-0.05, 0) is 44.2 Å². The van der Waals surface area contributed by atoms with E-state index in [1.54, 1.807) is 0 Å². The van der Waals surface area contributed by atoms with Gasteiger partial charge in [0.25, 0.3) is 0 Å². The standard InChI is InChI=1S/C16H18ClNO/c1-11-6-4-9-15(12(11)2)19-16-13(10-18-3)7-5-8-14(16)17/h4-9,18H,10H2,1-3H3. The third-order valence-corrected chi connectivity index (χ3v) is 3.48. The third kappa shape index (κ3) is 3.09. The molecule has 0 saturated heterocycles. The Morgan fingerprint density at radius 2 is 1.84 bits per heavy atom. The van der Waals surface area contributed by atoms with Crippen molar-refractivity contribution < 1.29 is 4.74 Å². The van der Waals surface area contributed by atoms with Crippen molar-refractivity contribution >= 4 is 11.6 Å². The van der Waals surface area contributed by atoms with Crippen LogP contribution in [0.15, 0.2) is 36.4 Å². The molecule has 0 atom stereocenters. The van der Waals surface area contributed by atoms with Gasteiger partial charge < -0.3 is 10.1 Å². The molecule has 0 spiro atoms. The predicted molar refractivity (Wildman–Crippen MR) is 80.2 cm³/mol. The SMILES string of the molecule is CNCc1cccc(Cl)c1Oc1cccc(C)c1C. The van der Waals surface area contributed by atoms with Crippen LogP contribution in [0.1, 0.15) is 16.7 Å². The lowest BCUT2D eigenvalue weighted by atomic mass is 10.1. The molecular weight excluding hydrogens is 258 g/mol. The smallest absolute Gasteiger partial charge is 0.150 e. The maximum atomic E-state index is 6.25. The summed E-state index contributed by atoms with van der Waals surface area (Å²) in [5, 5.41) is 3.76. The summed E-state index contributed by atoms with van der Waals surface area (Å²) in [7, 11) is 1.91. The molecule has 3 heteroatoms. The second-order valence-electron chi connectivity index (χ2n) is 4.56. The van der Waals surface area contributed by atoms with Gasteiger partial charge in [-0.1, -0.05) is 35.9 Å². The first kappa shape index (κ1) is 13.9. The highest BCUT2D eigenvalue weighted by Crippen LogP contribution is 2.34. The molecule has 19 heavy (non-hydrogen) atoms. The van der Waals surface area contributed by atoms with Crippen LogP contribution in [0, 0.1) is 13.8 Å². The van der Waals surface area contributed by atoms with E-state index in [2.05, 4.69) is 25.2 Å². The van der Waals surface area contributed by atoms with Gasteiger partial charge in [0.2, 0.25) is 0 Å². The maximum absolute atomic E-state index is 6.25. The molecule has 2 rings (SSSR count). The van der Waals surface area contributed by atoms with Gasteiger partial charge in [0.15, 0.2) is 5.75 Å². The number of rotatable bonds is 4. The van der Waals surface area contributed by atoms with Gasteiger partial charge in [-0.2, -0.15) is 0 Å². The topological polar surface area (TPSA) is 21.3 Å². The minimum absolute atomic E-state index is 0.633. The molecule has 2 aromatic rings. The highest BCUT2D eigenvalue weighted by Gasteiger charge is 2.11. The molecule has 0 aromatic heterocycles. The van der Waals surface area contributed by atoms with Crippen molar-refractivity contribution in [1.82, 2.24) is 5.32 Å². The van der Waals surface area contributed by atoms with Crippen molar-refractivity contribution in [1.29, 1.82) is 0 Å². The first-order valence-corrected chi connectivity index (χ1v) is 6.67. The molecule has 0 amide bonds. The lowest BCUT2D eigenvalue weighted by Crippen LogP contribution is -2.06. The normalized spacial score (nSPS) is 10.5. The van der Waals surface area contributed by atoms with Crippen molar-refractivity contribution in [3.8, 4) is 11.5 Å². The first-order chi connectivity index (χ1) is 9.13. The van der Waals surface area contributed by atoms with Crippen molar-refractivity contribution in [2.24, 2.45) is 0 Å². The zero-order valence-corrected chi connectivity index (χ0v) is 12.2. The molecule has 0 heterocycles. The second kappa shape index (κ2) is 6.09. The summed E-state index contributed by atoms with van der Waals surface area (Å²) in [5.41, 5.74) is 3.40. The second-order valence-corrected chi connectivity index (χ2v) is 4.97. The van der Waals surface area contributed by atoms with E-state index in [-0.39, 0.29) is 0 Å². The Hall–Kier alpha value is -1.51. The Bertz CT molecular complexity index is 581. The lowest BCUT2D eigenvalue weighted by Gasteiger charge is -2.15.